The molecule has 33 heavy (non-hydrogen) atoms. The second-order valence-corrected chi connectivity index (χ2v) is 9.18. The quantitative estimate of drug-likeness (QED) is 0.456. The van der Waals surface area contributed by atoms with E-state index in [2.05, 4.69) is 66.6 Å². The number of amides is 1. The Hall–Kier alpha value is -3.38. The van der Waals surface area contributed by atoms with Crippen LogP contribution in [-0.2, 0) is 12.8 Å². The van der Waals surface area contributed by atoms with Crippen LogP contribution in [0.25, 0.3) is 22.4 Å². The van der Waals surface area contributed by atoms with E-state index in [-0.39, 0.29) is 5.91 Å². The van der Waals surface area contributed by atoms with Crippen molar-refractivity contribution in [3.63, 3.8) is 0 Å². The number of hydrogen-bond acceptors (Lipinski definition) is 4. The Morgan fingerprint density at radius 3 is 2.70 bits per heavy atom. The van der Waals surface area contributed by atoms with Crippen LogP contribution in [0, 0.1) is 5.92 Å². The van der Waals surface area contributed by atoms with Crippen molar-refractivity contribution in [2.45, 2.75) is 26.7 Å². The van der Waals surface area contributed by atoms with E-state index < -0.39 is 0 Å². The maximum atomic E-state index is 13.2. The molecule has 0 unspecified atom stereocenters. The fourth-order valence-corrected chi connectivity index (χ4v) is 4.57. The zero-order valence-electron chi connectivity index (χ0n) is 19.2. The summed E-state index contributed by atoms with van der Waals surface area (Å²) in [7, 11) is 0. The summed E-state index contributed by atoms with van der Waals surface area (Å²) in [6, 6.07) is 16.7. The number of fused-ring (bicyclic) bond motifs is 1. The van der Waals surface area contributed by atoms with Crippen LogP contribution < -0.4 is 5.32 Å². The average molecular weight is 443 g/mol. The number of aromatic amines is 1. The summed E-state index contributed by atoms with van der Waals surface area (Å²) in [5.74, 6) is 1.06. The van der Waals surface area contributed by atoms with Crippen molar-refractivity contribution in [2.75, 3.05) is 26.2 Å². The molecule has 0 saturated carbocycles. The molecule has 1 aliphatic heterocycles. The number of piperazine rings is 1. The zero-order chi connectivity index (χ0) is 22.8. The van der Waals surface area contributed by atoms with Crippen molar-refractivity contribution in [3.05, 3.63) is 77.3 Å². The number of H-pyrrole nitrogens is 1. The minimum absolute atomic E-state index is 0.0240. The first-order valence-corrected chi connectivity index (χ1v) is 11.7. The Morgan fingerprint density at radius 2 is 1.88 bits per heavy atom. The fraction of sp³-hybridized carbons (Fsp3) is 0.333. The number of carbonyl (C=O) groups is 1. The summed E-state index contributed by atoms with van der Waals surface area (Å²) in [5, 5.41) is 5.73. The molecule has 170 valence electrons. The van der Waals surface area contributed by atoms with Crippen molar-refractivity contribution >= 4 is 16.7 Å². The molecule has 1 amide bonds. The Morgan fingerprint density at radius 1 is 1.09 bits per heavy atom. The van der Waals surface area contributed by atoms with Gasteiger partial charge >= 0.3 is 0 Å². The molecule has 3 heterocycles. The first-order chi connectivity index (χ1) is 16.1. The second kappa shape index (κ2) is 9.24. The second-order valence-electron chi connectivity index (χ2n) is 9.18. The van der Waals surface area contributed by atoms with Gasteiger partial charge in [-0.25, -0.2) is 4.98 Å². The molecule has 1 aliphatic rings. The predicted molar refractivity (Wildman–Crippen MR) is 130 cm³/mol. The SMILES string of the molecule is CC(C)Cc1coc(-c2[nH]c(C(=O)N3CCNCC3)cc2Cc2cccc3ccccc23)n1. The molecule has 2 aromatic heterocycles. The Balaban J connectivity index is 1.53. The van der Waals surface area contributed by atoms with E-state index in [4.69, 9.17) is 9.40 Å². The molecule has 2 aromatic carbocycles. The van der Waals surface area contributed by atoms with Crippen LogP contribution in [0.15, 0.2) is 59.2 Å². The van der Waals surface area contributed by atoms with Crippen molar-refractivity contribution in [1.82, 2.24) is 20.2 Å². The lowest BCUT2D eigenvalue weighted by Gasteiger charge is -2.26. The Bertz CT molecular complexity index is 1260. The molecule has 2 N–H and O–H groups in total. The van der Waals surface area contributed by atoms with Crippen LogP contribution in [0.2, 0.25) is 0 Å². The number of benzene rings is 2. The van der Waals surface area contributed by atoms with E-state index >= 15 is 0 Å². The number of oxazole rings is 1. The van der Waals surface area contributed by atoms with Gasteiger partial charge in [0.15, 0.2) is 0 Å². The highest BCUT2D eigenvalue weighted by atomic mass is 16.3. The number of nitrogens with zero attached hydrogens (tertiary/aromatic N) is 2. The molecule has 6 nitrogen and oxygen atoms in total. The largest absolute Gasteiger partial charge is 0.443 e. The lowest BCUT2D eigenvalue weighted by Crippen LogP contribution is -2.46. The fourth-order valence-electron chi connectivity index (χ4n) is 4.57. The van der Waals surface area contributed by atoms with E-state index in [9.17, 15) is 4.79 Å². The molecule has 0 atom stereocenters. The molecule has 1 fully saturated rings. The predicted octanol–water partition coefficient (Wildman–Crippen LogP) is 4.66. The lowest BCUT2D eigenvalue weighted by atomic mass is 9.98. The maximum absolute atomic E-state index is 13.2. The third-order valence-corrected chi connectivity index (χ3v) is 6.18. The first-order valence-electron chi connectivity index (χ1n) is 11.7. The molecule has 6 heteroatoms. The van der Waals surface area contributed by atoms with Crippen LogP contribution in [0.3, 0.4) is 0 Å². The molecular weight excluding hydrogens is 412 g/mol. The van der Waals surface area contributed by atoms with Crippen molar-refractivity contribution in [3.8, 4) is 11.6 Å². The number of nitrogens with one attached hydrogen (secondary N) is 2. The summed E-state index contributed by atoms with van der Waals surface area (Å²) in [6.07, 6.45) is 3.27. The molecule has 0 spiro atoms. The zero-order valence-corrected chi connectivity index (χ0v) is 19.2. The lowest BCUT2D eigenvalue weighted by molar-refractivity contribution is 0.0730. The number of hydrogen-bond donors (Lipinski definition) is 2. The van der Waals surface area contributed by atoms with E-state index in [0.717, 1.165) is 36.5 Å². The van der Waals surface area contributed by atoms with E-state index in [1.807, 2.05) is 11.0 Å². The highest BCUT2D eigenvalue weighted by molar-refractivity contribution is 5.94. The minimum atomic E-state index is 0.0240. The Labute approximate surface area is 194 Å². The van der Waals surface area contributed by atoms with Gasteiger partial charge in [0, 0.05) is 32.6 Å². The maximum Gasteiger partial charge on any atom is 0.270 e. The highest BCUT2D eigenvalue weighted by Gasteiger charge is 2.24. The van der Waals surface area contributed by atoms with Crippen LogP contribution in [0.4, 0.5) is 0 Å². The van der Waals surface area contributed by atoms with Gasteiger partial charge in [-0.2, -0.15) is 0 Å². The smallest absolute Gasteiger partial charge is 0.270 e. The Kier molecular flexibility index (Phi) is 6.01. The third-order valence-electron chi connectivity index (χ3n) is 6.18. The highest BCUT2D eigenvalue weighted by Crippen LogP contribution is 2.29. The average Bonchev–Trinajstić information content (AvgIpc) is 3.46. The van der Waals surface area contributed by atoms with E-state index in [0.29, 0.717) is 37.0 Å². The molecule has 1 saturated heterocycles. The van der Waals surface area contributed by atoms with Gasteiger partial charge in [-0.15, -0.1) is 0 Å². The summed E-state index contributed by atoms with van der Waals surface area (Å²) < 4.78 is 5.88. The van der Waals surface area contributed by atoms with Crippen LogP contribution in [-0.4, -0.2) is 47.0 Å². The molecule has 4 aromatic rings. The standard InChI is InChI=1S/C27H30N4O2/c1-18(2)14-22-17-33-26(29-22)25-21(15-20-8-5-7-19-6-3-4-9-23(19)20)16-24(30-25)27(32)31-12-10-28-11-13-31/h3-9,16-18,28,30H,10-15H2,1-2H3. The molecule has 5 rings (SSSR count). The minimum Gasteiger partial charge on any atom is -0.443 e. The molecule has 0 radical (unpaired) electrons. The summed E-state index contributed by atoms with van der Waals surface area (Å²) in [5.41, 5.74) is 4.54. The monoisotopic (exact) mass is 442 g/mol. The van der Waals surface area contributed by atoms with Gasteiger partial charge in [0.25, 0.3) is 5.91 Å². The van der Waals surface area contributed by atoms with Gasteiger partial charge in [0.1, 0.15) is 17.7 Å². The normalized spacial score (nSPS) is 14.3. The van der Waals surface area contributed by atoms with E-state index in [1.54, 1.807) is 6.26 Å². The van der Waals surface area contributed by atoms with Gasteiger partial charge in [-0.1, -0.05) is 56.3 Å². The van der Waals surface area contributed by atoms with Gasteiger partial charge in [0.2, 0.25) is 5.89 Å². The van der Waals surface area contributed by atoms with Crippen LogP contribution in [0.5, 0.6) is 0 Å². The van der Waals surface area contributed by atoms with Crippen LogP contribution in [0.1, 0.15) is 41.2 Å². The van der Waals surface area contributed by atoms with Crippen LogP contribution >= 0.6 is 0 Å². The van der Waals surface area contributed by atoms with Gasteiger partial charge in [-0.05, 0) is 40.3 Å². The van der Waals surface area contributed by atoms with Crippen molar-refractivity contribution in [2.24, 2.45) is 5.92 Å². The number of rotatable bonds is 6. The van der Waals surface area contributed by atoms with Gasteiger partial charge in [0.05, 0.1) is 5.69 Å². The van der Waals surface area contributed by atoms with Gasteiger partial charge < -0.3 is 19.6 Å². The number of aromatic nitrogens is 2. The summed E-state index contributed by atoms with van der Waals surface area (Å²) in [4.78, 5) is 23.2. The molecule has 0 aliphatic carbocycles. The third kappa shape index (κ3) is 4.57. The van der Waals surface area contributed by atoms with Crippen molar-refractivity contribution < 1.29 is 9.21 Å². The topological polar surface area (TPSA) is 74.2 Å². The molecule has 0 bridgehead atoms. The summed E-state index contributed by atoms with van der Waals surface area (Å²) in [6.45, 7) is 7.39. The van der Waals surface area contributed by atoms with Crippen molar-refractivity contribution in [1.29, 1.82) is 0 Å². The summed E-state index contributed by atoms with van der Waals surface area (Å²) >= 11 is 0. The first kappa shape index (κ1) is 21.5. The molecular formula is C27H30N4O2. The number of carbonyl (C=O) groups excluding carboxylic acids is 1. The van der Waals surface area contributed by atoms with E-state index in [1.165, 1.54) is 16.3 Å². The van der Waals surface area contributed by atoms with Gasteiger partial charge in [-0.3, -0.25) is 4.79 Å².